The highest BCUT2D eigenvalue weighted by molar-refractivity contribution is 6.35. The third-order valence-electron chi connectivity index (χ3n) is 4.24. The number of hydrogen-bond donors (Lipinski definition) is 2. The molecule has 1 unspecified atom stereocenters. The lowest BCUT2D eigenvalue weighted by Crippen LogP contribution is -2.48. The smallest absolute Gasteiger partial charge is 0.228 e. The van der Waals surface area contributed by atoms with E-state index >= 15 is 0 Å². The number of hydrogen-bond acceptors (Lipinski definition) is 3. The molecule has 1 aliphatic heterocycles. The van der Waals surface area contributed by atoms with Crippen molar-refractivity contribution < 1.29 is 4.79 Å². The topological polar surface area (TPSA) is 59.0 Å². The van der Waals surface area contributed by atoms with Crippen molar-refractivity contribution >= 4 is 34.9 Å². The fourth-order valence-corrected chi connectivity index (χ4v) is 2.96. The predicted molar refractivity (Wildman–Crippen MR) is 91.9 cm³/mol. The van der Waals surface area contributed by atoms with Crippen molar-refractivity contribution in [1.29, 1.82) is 0 Å². The first-order valence-corrected chi connectivity index (χ1v) is 8.27. The number of carbonyl (C=O) groups is 1. The summed E-state index contributed by atoms with van der Waals surface area (Å²) in [6.07, 6.45) is 1.66. The highest BCUT2D eigenvalue weighted by Crippen LogP contribution is 2.23. The number of halogens is 2. The predicted octanol–water partition coefficient (Wildman–Crippen LogP) is 3.03. The van der Waals surface area contributed by atoms with Crippen LogP contribution < -0.4 is 10.6 Å². The van der Waals surface area contributed by atoms with E-state index in [9.17, 15) is 4.79 Å². The van der Waals surface area contributed by atoms with Gasteiger partial charge < -0.3 is 10.6 Å². The van der Waals surface area contributed by atoms with Gasteiger partial charge in [0, 0.05) is 22.0 Å². The molecule has 3 rings (SSSR count). The van der Waals surface area contributed by atoms with Crippen LogP contribution in [0, 0.1) is 11.8 Å². The molecule has 7 heteroatoms. The second-order valence-corrected chi connectivity index (χ2v) is 6.65. The van der Waals surface area contributed by atoms with Crippen LogP contribution in [-0.2, 0) is 11.3 Å². The normalized spacial score (nSPS) is 16.0. The Morgan fingerprint density at radius 2 is 2.22 bits per heavy atom. The third-order valence-corrected chi connectivity index (χ3v) is 4.82. The molecule has 2 N–H and O–H groups in total. The third kappa shape index (κ3) is 3.68. The number of anilines is 1. The SMILES string of the molecule is CC(C(=O)Nc1ccnn1Cc1ccc(Cl)cc1Cl)C1CNC1. The van der Waals surface area contributed by atoms with Crippen molar-refractivity contribution in [3.63, 3.8) is 0 Å². The van der Waals surface area contributed by atoms with Gasteiger partial charge in [-0.1, -0.05) is 36.2 Å². The lowest BCUT2D eigenvalue weighted by Gasteiger charge is -2.31. The Morgan fingerprint density at radius 3 is 2.87 bits per heavy atom. The molecule has 0 aliphatic carbocycles. The van der Waals surface area contributed by atoms with Crippen LogP contribution in [0.4, 0.5) is 5.82 Å². The quantitative estimate of drug-likeness (QED) is 0.869. The monoisotopic (exact) mass is 352 g/mol. The summed E-state index contributed by atoms with van der Waals surface area (Å²) >= 11 is 12.1. The molecular formula is C16H18Cl2N4O. The minimum Gasteiger partial charge on any atom is -0.316 e. The summed E-state index contributed by atoms with van der Waals surface area (Å²) in [6, 6.07) is 7.14. The molecule has 1 atom stereocenters. The number of aromatic nitrogens is 2. The van der Waals surface area contributed by atoms with Crippen LogP contribution in [0.15, 0.2) is 30.5 Å². The summed E-state index contributed by atoms with van der Waals surface area (Å²) in [6.45, 7) is 4.22. The molecule has 1 aromatic carbocycles. The number of amides is 1. The van der Waals surface area contributed by atoms with E-state index in [1.54, 1.807) is 29.1 Å². The Morgan fingerprint density at radius 1 is 1.43 bits per heavy atom. The van der Waals surface area contributed by atoms with Crippen molar-refractivity contribution in [2.75, 3.05) is 18.4 Å². The molecule has 0 spiro atoms. The summed E-state index contributed by atoms with van der Waals surface area (Å²) < 4.78 is 1.72. The highest BCUT2D eigenvalue weighted by atomic mass is 35.5. The van der Waals surface area contributed by atoms with E-state index < -0.39 is 0 Å². The number of benzene rings is 1. The summed E-state index contributed by atoms with van der Waals surface area (Å²) in [5, 5.41) is 11.6. The van der Waals surface area contributed by atoms with Gasteiger partial charge in [-0.15, -0.1) is 0 Å². The van der Waals surface area contributed by atoms with E-state index in [0.717, 1.165) is 18.7 Å². The molecule has 122 valence electrons. The molecule has 5 nitrogen and oxygen atoms in total. The Hall–Kier alpha value is -1.56. The minimum absolute atomic E-state index is 0.0143. The van der Waals surface area contributed by atoms with Gasteiger partial charge in [0.05, 0.1) is 12.7 Å². The molecule has 1 fully saturated rings. The Bertz CT molecular complexity index is 712. The van der Waals surface area contributed by atoms with E-state index in [0.29, 0.717) is 28.3 Å². The summed E-state index contributed by atoms with van der Waals surface area (Å²) in [5.74, 6) is 1.05. The zero-order chi connectivity index (χ0) is 16.4. The van der Waals surface area contributed by atoms with Crippen molar-refractivity contribution in [2.24, 2.45) is 11.8 Å². The Labute approximate surface area is 145 Å². The average Bonchev–Trinajstić information content (AvgIpc) is 2.87. The molecule has 1 saturated heterocycles. The molecular weight excluding hydrogens is 335 g/mol. The van der Waals surface area contributed by atoms with Gasteiger partial charge in [0.2, 0.25) is 5.91 Å². The van der Waals surface area contributed by atoms with Crippen molar-refractivity contribution in [2.45, 2.75) is 13.5 Å². The summed E-state index contributed by atoms with van der Waals surface area (Å²) in [4.78, 5) is 12.3. The maximum atomic E-state index is 12.3. The minimum atomic E-state index is -0.0290. The Kier molecular flexibility index (Phi) is 4.90. The highest BCUT2D eigenvalue weighted by Gasteiger charge is 2.29. The molecule has 0 saturated carbocycles. The van der Waals surface area contributed by atoms with Crippen molar-refractivity contribution in [3.8, 4) is 0 Å². The van der Waals surface area contributed by atoms with Crippen LogP contribution in [0.3, 0.4) is 0 Å². The van der Waals surface area contributed by atoms with E-state index in [1.807, 2.05) is 13.0 Å². The van der Waals surface area contributed by atoms with Gasteiger partial charge >= 0.3 is 0 Å². The van der Waals surface area contributed by atoms with Crippen LogP contribution in [0.25, 0.3) is 0 Å². The Balaban J connectivity index is 1.70. The van der Waals surface area contributed by atoms with Gasteiger partial charge in [-0.25, -0.2) is 4.68 Å². The maximum absolute atomic E-state index is 12.3. The van der Waals surface area contributed by atoms with Gasteiger partial charge in [0.15, 0.2) is 0 Å². The van der Waals surface area contributed by atoms with E-state index in [1.165, 1.54) is 0 Å². The fourth-order valence-electron chi connectivity index (χ4n) is 2.49. The average molecular weight is 353 g/mol. The van der Waals surface area contributed by atoms with Crippen molar-refractivity contribution in [1.82, 2.24) is 15.1 Å². The first kappa shape index (κ1) is 16.3. The molecule has 0 radical (unpaired) electrons. The summed E-state index contributed by atoms with van der Waals surface area (Å²) in [7, 11) is 0. The molecule has 2 aromatic rings. The van der Waals surface area contributed by atoms with Gasteiger partial charge in [0.1, 0.15) is 5.82 Å². The molecule has 1 aliphatic rings. The number of rotatable bonds is 5. The largest absolute Gasteiger partial charge is 0.316 e. The second-order valence-electron chi connectivity index (χ2n) is 5.81. The maximum Gasteiger partial charge on any atom is 0.228 e. The lowest BCUT2D eigenvalue weighted by molar-refractivity contribution is -0.121. The zero-order valence-corrected chi connectivity index (χ0v) is 14.2. The first-order valence-electron chi connectivity index (χ1n) is 7.52. The van der Waals surface area contributed by atoms with Gasteiger partial charge in [-0.2, -0.15) is 5.10 Å². The molecule has 1 amide bonds. The van der Waals surface area contributed by atoms with Crippen LogP contribution in [0.1, 0.15) is 12.5 Å². The lowest BCUT2D eigenvalue weighted by atomic mass is 9.88. The molecule has 1 aromatic heterocycles. The van der Waals surface area contributed by atoms with E-state index in [4.69, 9.17) is 23.2 Å². The van der Waals surface area contributed by atoms with Crippen LogP contribution in [-0.4, -0.2) is 28.8 Å². The van der Waals surface area contributed by atoms with Crippen LogP contribution in [0.5, 0.6) is 0 Å². The van der Waals surface area contributed by atoms with Crippen molar-refractivity contribution in [3.05, 3.63) is 46.1 Å². The van der Waals surface area contributed by atoms with E-state index in [-0.39, 0.29) is 11.8 Å². The first-order chi connectivity index (χ1) is 11.0. The summed E-state index contributed by atoms with van der Waals surface area (Å²) in [5.41, 5.74) is 0.895. The zero-order valence-electron chi connectivity index (χ0n) is 12.7. The number of nitrogens with one attached hydrogen (secondary N) is 2. The molecule has 0 bridgehead atoms. The number of carbonyl (C=O) groups excluding carboxylic acids is 1. The second kappa shape index (κ2) is 6.91. The van der Waals surface area contributed by atoms with E-state index in [2.05, 4.69) is 15.7 Å². The molecule has 2 heterocycles. The fraction of sp³-hybridized carbons (Fsp3) is 0.375. The number of nitrogens with zero attached hydrogens (tertiary/aromatic N) is 2. The van der Waals surface area contributed by atoms with Gasteiger partial charge in [-0.05, 0) is 36.7 Å². The van der Waals surface area contributed by atoms with Gasteiger partial charge in [-0.3, -0.25) is 4.79 Å². The van der Waals surface area contributed by atoms with Crippen LogP contribution >= 0.6 is 23.2 Å². The molecule has 23 heavy (non-hydrogen) atoms. The standard InChI is InChI=1S/C16H18Cl2N4O/c1-10(12-7-19-8-12)16(23)21-15-4-5-20-22(15)9-11-2-3-13(17)6-14(11)18/h2-6,10,12,19H,7-9H2,1H3,(H,21,23). The van der Waals surface area contributed by atoms with Crippen LogP contribution in [0.2, 0.25) is 10.0 Å². The van der Waals surface area contributed by atoms with Gasteiger partial charge in [0.25, 0.3) is 0 Å².